The standard InChI is InChI=1S/C21H14Cl2N4O2/c22-15-5-6-16(17(23)12-15)21(28)25-18-4-2-1-3-14(18)11-19-26-20(27-29-19)13-7-9-24-10-8-13/h1-10,12H,11H2,(H,25,28). The van der Waals surface area contributed by atoms with E-state index in [4.69, 9.17) is 27.7 Å². The van der Waals surface area contributed by atoms with Crippen molar-refractivity contribution in [3.8, 4) is 11.4 Å². The first-order valence-electron chi connectivity index (χ1n) is 8.67. The summed E-state index contributed by atoms with van der Waals surface area (Å²) in [6.45, 7) is 0. The lowest BCUT2D eigenvalue weighted by Gasteiger charge is -2.11. The topological polar surface area (TPSA) is 80.9 Å². The molecule has 2 aromatic carbocycles. The van der Waals surface area contributed by atoms with Crippen LogP contribution in [0.15, 0.2) is 71.5 Å². The monoisotopic (exact) mass is 424 g/mol. The lowest BCUT2D eigenvalue weighted by Crippen LogP contribution is -2.14. The van der Waals surface area contributed by atoms with E-state index in [9.17, 15) is 4.79 Å². The highest BCUT2D eigenvalue weighted by atomic mass is 35.5. The third kappa shape index (κ3) is 4.45. The number of benzene rings is 2. The molecule has 0 spiro atoms. The first kappa shape index (κ1) is 19.1. The molecule has 0 saturated carbocycles. The fourth-order valence-electron chi connectivity index (χ4n) is 2.77. The summed E-state index contributed by atoms with van der Waals surface area (Å²) in [5.74, 6) is 0.585. The Hall–Kier alpha value is -3.22. The van der Waals surface area contributed by atoms with Crippen LogP contribution in [0.3, 0.4) is 0 Å². The van der Waals surface area contributed by atoms with Crippen molar-refractivity contribution in [1.29, 1.82) is 0 Å². The first-order chi connectivity index (χ1) is 14.1. The molecule has 0 saturated heterocycles. The highest BCUT2D eigenvalue weighted by Gasteiger charge is 2.15. The normalized spacial score (nSPS) is 10.7. The Morgan fingerprint density at radius 2 is 1.83 bits per heavy atom. The molecule has 6 nitrogen and oxygen atoms in total. The fourth-order valence-corrected chi connectivity index (χ4v) is 3.26. The Kier molecular flexibility index (Phi) is 5.55. The zero-order valence-corrected chi connectivity index (χ0v) is 16.5. The smallest absolute Gasteiger partial charge is 0.257 e. The van der Waals surface area contributed by atoms with Gasteiger partial charge in [-0.3, -0.25) is 9.78 Å². The number of amides is 1. The van der Waals surface area contributed by atoms with Crippen molar-refractivity contribution in [2.75, 3.05) is 5.32 Å². The fraction of sp³-hybridized carbons (Fsp3) is 0.0476. The molecule has 4 aromatic rings. The van der Waals surface area contributed by atoms with E-state index in [1.54, 1.807) is 42.7 Å². The van der Waals surface area contributed by atoms with Crippen LogP contribution in [0.4, 0.5) is 5.69 Å². The molecule has 0 atom stereocenters. The Morgan fingerprint density at radius 1 is 1.03 bits per heavy atom. The Morgan fingerprint density at radius 3 is 2.62 bits per heavy atom. The van der Waals surface area contributed by atoms with Gasteiger partial charge >= 0.3 is 0 Å². The first-order valence-corrected chi connectivity index (χ1v) is 9.43. The molecule has 0 fully saturated rings. The van der Waals surface area contributed by atoms with E-state index in [1.165, 1.54) is 6.07 Å². The SMILES string of the molecule is O=C(Nc1ccccc1Cc1nc(-c2ccncc2)no1)c1ccc(Cl)cc1Cl. The zero-order valence-electron chi connectivity index (χ0n) is 15.0. The number of carbonyl (C=O) groups excluding carboxylic acids is 1. The van der Waals surface area contributed by atoms with Crippen LogP contribution in [0, 0.1) is 0 Å². The lowest BCUT2D eigenvalue weighted by molar-refractivity contribution is 0.102. The van der Waals surface area contributed by atoms with Crippen molar-refractivity contribution < 1.29 is 9.32 Å². The van der Waals surface area contributed by atoms with Crippen LogP contribution < -0.4 is 5.32 Å². The third-order valence-electron chi connectivity index (χ3n) is 4.19. The second kappa shape index (κ2) is 8.43. The number of para-hydroxylation sites is 1. The number of hydrogen-bond acceptors (Lipinski definition) is 5. The number of rotatable bonds is 5. The van der Waals surface area contributed by atoms with E-state index in [2.05, 4.69) is 20.4 Å². The van der Waals surface area contributed by atoms with Gasteiger partial charge in [0.2, 0.25) is 11.7 Å². The number of aromatic nitrogens is 3. The summed E-state index contributed by atoms with van der Waals surface area (Å²) in [5.41, 5.74) is 2.61. The molecular weight excluding hydrogens is 411 g/mol. The quantitative estimate of drug-likeness (QED) is 0.471. The molecule has 8 heteroatoms. The van der Waals surface area contributed by atoms with E-state index in [-0.39, 0.29) is 10.9 Å². The van der Waals surface area contributed by atoms with Crippen LogP contribution in [0.5, 0.6) is 0 Å². The van der Waals surface area contributed by atoms with Crippen molar-refractivity contribution in [2.45, 2.75) is 6.42 Å². The van der Waals surface area contributed by atoms with Gasteiger partial charge in [-0.15, -0.1) is 0 Å². The molecule has 144 valence electrons. The van der Waals surface area contributed by atoms with Crippen LogP contribution >= 0.6 is 23.2 Å². The average Bonchev–Trinajstić information content (AvgIpc) is 3.18. The van der Waals surface area contributed by atoms with Crippen molar-refractivity contribution in [3.05, 3.63) is 94.1 Å². The second-order valence-corrected chi connectivity index (χ2v) is 7.00. The van der Waals surface area contributed by atoms with Crippen molar-refractivity contribution in [3.63, 3.8) is 0 Å². The molecule has 0 radical (unpaired) electrons. The third-order valence-corrected chi connectivity index (χ3v) is 4.74. The van der Waals surface area contributed by atoms with Gasteiger partial charge in [-0.2, -0.15) is 4.98 Å². The van der Waals surface area contributed by atoms with Gasteiger partial charge in [-0.25, -0.2) is 0 Å². The summed E-state index contributed by atoms with van der Waals surface area (Å²) in [6.07, 6.45) is 3.69. The highest BCUT2D eigenvalue weighted by Crippen LogP contribution is 2.24. The summed E-state index contributed by atoms with van der Waals surface area (Å²) < 4.78 is 5.37. The maximum atomic E-state index is 12.6. The van der Waals surface area contributed by atoms with Crippen LogP contribution in [-0.4, -0.2) is 21.0 Å². The van der Waals surface area contributed by atoms with E-state index < -0.39 is 0 Å². The number of nitrogens with zero attached hydrogens (tertiary/aromatic N) is 3. The van der Waals surface area contributed by atoms with Gasteiger partial charge in [0.05, 0.1) is 17.0 Å². The van der Waals surface area contributed by atoms with Gasteiger partial charge in [-0.1, -0.05) is 46.6 Å². The van der Waals surface area contributed by atoms with Gasteiger partial charge in [0.25, 0.3) is 5.91 Å². The summed E-state index contributed by atoms with van der Waals surface area (Å²) in [7, 11) is 0. The molecule has 29 heavy (non-hydrogen) atoms. The molecule has 2 aromatic heterocycles. The number of halogens is 2. The van der Waals surface area contributed by atoms with Gasteiger partial charge in [0.15, 0.2) is 0 Å². The van der Waals surface area contributed by atoms with Crippen LogP contribution in [0.25, 0.3) is 11.4 Å². The highest BCUT2D eigenvalue weighted by molar-refractivity contribution is 6.37. The molecule has 0 unspecified atom stereocenters. The van der Waals surface area contributed by atoms with Gasteiger partial charge in [0.1, 0.15) is 0 Å². The maximum Gasteiger partial charge on any atom is 0.257 e. The molecule has 4 rings (SSSR count). The Labute approximate surface area is 176 Å². The minimum atomic E-state index is -0.331. The van der Waals surface area contributed by atoms with Gasteiger partial charge in [-0.05, 0) is 42.0 Å². The average molecular weight is 425 g/mol. The molecule has 0 aliphatic heterocycles. The summed E-state index contributed by atoms with van der Waals surface area (Å²) in [5, 5.41) is 7.64. The molecule has 1 N–H and O–H groups in total. The molecule has 0 aliphatic carbocycles. The molecule has 2 heterocycles. The Balaban J connectivity index is 1.54. The number of anilines is 1. The van der Waals surface area contributed by atoms with Gasteiger partial charge < -0.3 is 9.84 Å². The van der Waals surface area contributed by atoms with E-state index in [0.717, 1.165) is 11.1 Å². The maximum absolute atomic E-state index is 12.6. The number of hydrogen-bond donors (Lipinski definition) is 1. The number of nitrogens with one attached hydrogen (secondary N) is 1. The van der Waals surface area contributed by atoms with E-state index in [0.29, 0.717) is 34.4 Å². The Bertz CT molecular complexity index is 1160. The zero-order chi connectivity index (χ0) is 20.2. The summed E-state index contributed by atoms with van der Waals surface area (Å²) in [6, 6.07) is 15.7. The van der Waals surface area contributed by atoms with Crippen molar-refractivity contribution >= 4 is 34.8 Å². The number of pyridine rings is 1. The van der Waals surface area contributed by atoms with Crippen molar-refractivity contribution in [1.82, 2.24) is 15.1 Å². The van der Waals surface area contributed by atoms with Crippen LogP contribution in [0.1, 0.15) is 21.8 Å². The minimum Gasteiger partial charge on any atom is -0.339 e. The predicted octanol–water partition coefficient (Wildman–Crippen LogP) is 5.28. The summed E-state index contributed by atoms with van der Waals surface area (Å²) in [4.78, 5) is 21.0. The van der Waals surface area contributed by atoms with Crippen molar-refractivity contribution in [2.24, 2.45) is 0 Å². The molecule has 0 bridgehead atoms. The largest absolute Gasteiger partial charge is 0.339 e. The van der Waals surface area contributed by atoms with E-state index in [1.807, 2.05) is 18.2 Å². The minimum absolute atomic E-state index is 0.284. The summed E-state index contributed by atoms with van der Waals surface area (Å²) >= 11 is 12.0. The second-order valence-electron chi connectivity index (χ2n) is 6.16. The van der Waals surface area contributed by atoms with Crippen LogP contribution in [0.2, 0.25) is 10.0 Å². The molecule has 1 amide bonds. The lowest BCUT2D eigenvalue weighted by atomic mass is 10.1. The van der Waals surface area contributed by atoms with Gasteiger partial charge in [0, 0.05) is 28.7 Å². The number of carbonyl (C=O) groups is 1. The van der Waals surface area contributed by atoms with Crippen LogP contribution in [-0.2, 0) is 6.42 Å². The molecule has 0 aliphatic rings. The predicted molar refractivity (Wildman–Crippen MR) is 111 cm³/mol. The van der Waals surface area contributed by atoms with E-state index >= 15 is 0 Å². The molecular formula is C21H14Cl2N4O2.